The summed E-state index contributed by atoms with van der Waals surface area (Å²) in [5, 5.41) is 12.6. The molecule has 3 aromatic rings. The lowest BCUT2D eigenvalue weighted by Gasteiger charge is -2.04. The average Bonchev–Trinajstić information content (AvgIpc) is 3.13. The van der Waals surface area contributed by atoms with Crippen molar-refractivity contribution in [1.29, 1.82) is 0 Å². The SMILES string of the molecule is COc1ccc2c(c1)nnn2C(=O)NCc1cccs1. The second-order valence-corrected chi connectivity index (χ2v) is 5.13. The van der Waals surface area contributed by atoms with Gasteiger partial charge in [-0.3, -0.25) is 0 Å². The summed E-state index contributed by atoms with van der Waals surface area (Å²) in [6.07, 6.45) is 0. The van der Waals surface area contributed by atoms with E-state index in [1.807, 2.05) is 17.5 Å². The summed E-state index contributed by atoms with van der Waals surface area (Å²) in [6, 6.07) is 8.89. The first kappa shape index (κ1) is 12.6. The second-order valence-electron chi connectivity index (χ2n) is 4.09. The first-order valence-corrected chi connectivity index (χ1v) is 6.86. The molecule has 0 radical (unpaired) electrons. The summed E-state index contributed by atoms with van der Waals surface area (Å²) in [5.41, 5.74) is 1.27. The van der Waals surface area contributed by atoms with Crippen LogP contribution >= 0.6 is 11.3 Å². The Morgan fingerprint density at radius 1 is 1.45 bits per heavy atom. The van der Waals surface area contributed by atoms with Crippen molar-refractivity contribution in [1.82, 2.24) is 20.3 Å². The highest BCUT2D eigenvalue weighted by Crippen LogP contribution is 2.18. The number of fused-ring (bicyclic) bond motifs is 1. The number of hydrogen-bond acceptors (Lipinski definition) is 5. The summed E-state index contributed by atoms with van der Waals surface area (Å²) in [5.74, 6) is 0.684. The van der Waals surface area contributed by atoms with Crippen LogP contribution in [-0.2, 0) is 6.54 Å². The molecule has 0 fully saturated rings. The van der Waals surface area contributed by atoms with Crippen molar-refractivity contribution in [2.75, 3.05) is 7.11 Å². The molecule has 1 aromatic carbocycles. The van der Waals surface area contributed by atoms with Crippen LogP contribution in [-0.4, -0.2) is 28.1 Å². The van der Waals surface area contributed by atoms with Crippen LogP contribution in [0.4, 0.5) is 4.79 Å². The van der Waals surface area contributed by atoms with E-state index in [0.29, 0.717) is 23.3 Å². The number of nitrogens with zero attached hydrogens (tertiary/aromatic N) is 3. The maximum atomic E-state index is 12.1. The Morgan fingerprint density at radius 2 is 2.35 bits per heavy atom. The van der Waals surface area contributed by atoms with Crippen molar-refractivity contribution in [2.24, 2.45) is 0 Å². The van der Waals surface area contributed by atoms with Crippen LogP contribution in [0.2, 0.25) is 0 Å². The molecule has 20 heavy (non-hydrogen) atoms. The molecular formula is C13H12N4O2S. The minimum atomic E-state index is -0.300. The number of rotatable bonds is 3. The third-order valence-electron chi connectivity index (χ3n) is 2.84. The smallest absolute Gasteiger partial charge is 0.344 e. The summed E-state index contributed by atoms with van der Waals surface area (Å²) in [7, 11) is 1.58. The van der Waals surface area contributed by atoms with Crippen LogP contribution < -0.4 is 10.1 Å². The fraction of sp³-hybridized carbons (Fsp3) is 0.154. The lowest BCUT2D eigenvalue weighted by molar-refractivity contribution is 0.239. The van der Waals surface area contributed by atoms with E-state index in [4.69, 9.17) is 4.74 Å². The quantitative estimate of drug-likeness (QED) is 0.802. The molecule has 0 aliphatic carbocycles. The van der Waals surface area contributed by atoms with Gasteiger partial charge in [0.2, 0.25) is 0 Å². The van der Waals surface area contributed by atoms with E-state index in [1.165, 1.54) is 4.68 Å². The van der Waals surface area contributed by atoms with Crippen molar-refractivity contribution in [3.05, 3.63) is 40.6 Å². The molecule has 0 saturated carbocycles. The third kappa shape index (κ3) is 2.35. The predicted molar refractivity (Wildman–Crippen MR) is 76.0 cm³/mol. The second kappa shape index (κ2) is 5.30. The predicted octanol–water partition coefficient (Wildman–Crippen LogP) is 2.26. The van der Waals surface area contributed by atoms with Gasteiger partial charge in [0, 0.05) is 10.9 Å². The van der Waals surface area contributed by atoms with E-state index >= 15 is 0 Å². The number of aromatic nitrogens is 3. The first-order valence-electron chi connectivity index (χ1n) is 5.98. The van der Waals surface area contributed by atoms with Crippen molar-refractivity contribution < 1.29 is 9.53 Å². The fourth-order valence-corrected chi connectivity index (χ4v) is 2.48. The van der Waals surface area contributed by atoms with Crippen LogP contribution in [0.25, 0.3) is 11.0 Å². The molecule has 7 heteroatoms. The van der Waals surface area contributed by atoms with Crippen molar-refractivity contribution in [3.63, 3.8) is 0 Å². The molecule has 0 aliphatic rings. The number of carbonyl (C=O) groups excluding carboxylic acids is 1. The minimum absolute atomic E-state index is 0.300. The van der Waals surface area contributed by atoms with Gasteiger partial charge in [0.1, 0.15) is 11.3 Å². The van der Waals surface area contributed by atoms with E-state index in [1.54, 1.807) is 36.6 Å². The van der Waals surface area contributed by atoms with Crippen LogP contribution in [0.3, 0.4) is 0 Å². The molecule has 0 spiro atoms. The van der Waals surface area contributed by atoms with Crippen molar-refractivity contribution >= 4 is 28.4 Å². The van der Waals surface area contributed by atoms with Gasteiger partial charge < -0.3 is 10.1 Å². The van der Waals surface area contributed by atoms with Gasteiger partial charge >= 0.3 is 6.03 Å². The van der Waals surface area contributed by atoms with Crippen LogP contribution in [0, 0.1) is 0 Å². The zero-order valence-electron chi connectivity index (χ0n) is 10.7. The summed E-state index contributed by atoms with van der Waals surface area (Å²) in [4.78, 5) is 13.2. The first-order chi connectivity index (χ1) is 9.78. The molecule has 3 rings (SSSR count). The molecule has 0 unspecified atom stereocenters. The maximum Gasteiger partial charge on any atom is 0.344 e. The largest absolute Gasteiger partial charge is 0.497 e. The molecule has 0 aliphatic heterocycles. The molecule has 2 aromatic heterocycles. The number of hydrogen-bond donors (Lipinski definition) is 1. The van der Waals surface area contributed by atoms with E-state index < -0.39 is 0 Å². The number of thiophene rings is 1. The fourth-order valence-electron chi connectivity index (χ4n) is 1.83. The maximum absolute atomic E-state index is 12.1. The lowest BCUT2D eigenvalue weighted by Crippen LogP contribution is -2.28. The highest BCUT2D eigenvalue weighted by atomic mass is 32.1. The molecule has 0 saturated heterocycles. The standard InChI is InChI=1S/C13H12N4O2S/c1-19-9-4-5-12-11(7-9)15-16-17(12)13(18)14-8-10-3-2-6-20-10/h2-7H,8H2,1H3,(H,14,18). The molecule has 1 N–H and O–H groups in total. The number of amides is 1. The zero-order chi connectivity index (χ0) is 13.9. The third-order valence-corrected chi connectivity index (χ3v) is 3.72. The van der Waals surface area contributed by atoms with Gasteiger partial charge in [0.15, 0.2) is 0 Å². The Labute approximate surface area is 119 Å². The van der Waals surface area contributed by atoms with Crippen LogP contribution in [0.1, 0.15) is 4.88 Å². The molecule has 0 atom stereocenters. The number of benzene rings is 1. The number of methoxy groups -OCH3 is 1. The van der Waals surface area contributed by atoms with Gasteiger partial charge in [-0.15, -0.1) is 16.4 Å². The van der Waals surface area contributed by atoms with Crippen LogP contribution in [0.5, 0.6) is 5.75 Å². The molecule has 1 amide bonds. The molecule has 2 heterocycles. The van der Waals surface area contributed by atoms with E-state index in [0.717, 1.165) is 4.88 Å². The van der Waals surface area contributed by atoms with Crippen molar-refractivity contribution in [3.8, 4) is 5.75 Å². The van der Waals surface area contributed by atoms with Crippen LogP contribution in [0.15, 0.2) is 35.7 Å². The van der Waals surface area contributed by atoms with Gasteiger partial charge in [0.25, 0.3) is 0 Å². The highest BCUT2D eigenvalue weighted by molar-refractivity contribution is 7.09. The lowest BCUT2D eigenvalue weighted by atomic mass is 10.3. The Bertz CT molecular complexity index is 736. The summed E-state index contributed by atoms with van der Waals surface area (Å²) >= 11 is 1.59. The van der Waals surface area contributed by atoms with E-state index in [2.05, 4.69) is 15.6 Å². The molecule has 102 valence electrons. The van der Waals surface area contributed by atoms with Gasteiger partial charge in [-0.25, -0.2) is 4.79 Å². The monoisotopic (exact) mass is 288 g/mol. The van der Waals surface area contributed by atoms with Gasteiger partial charge in [-0.1, -0.05) is 11.3 Å². The Kier molecular flexibility index (Phi) is 3.34. The van der Waals surface area contributed by atoms with Crippen molar-refractivity contribution in [2.45, 2.75) is 6.54 Å². The molecule has 6 nitrogen and oxygen atoms in total. The zero-order valence-corrected chi connectivity index (χ0v) is 11.6. The number of ether oxygens (including phenoxy) is 1. The van der Waals surface area contributed by atoms with Gasteiger partial charge in [-0.05, 0) is 23.6 Å². The normalized spacial score (nSPS) is 10.7. The van der Waals surface area contributed by atoms with E-state index in [9.17, 15) is 4.79 Å². The summed E-state index contributed by atoms with van der Waals surface area (Å²) < 4.78 is 6.36. The van der Waals surface area contributed by atoms with Gasteiger partial charge in [-0.2, -0.15) is 4.68 Å². The van der Waals surface area contributed by atoms with Gasteiger partial charge in [0.05, 0.1) is 19.2 Å². The Hall–Kier alpha value is -2.41. The topological polar surface area (TPSA) is 69.0 Å². The number of carbonyl (C=O) groups is 1. The average molecular weight is 288 g/mol. The van der Waals surface area contributed by atoms with E-state index in [-0.39, 0.29) is 6.03 Å². The molecule has 0 bridgehead atoms. The Balaban J connectivity index is 1.81. The minimum Gasteiger partial charge on any atom is -0.497 e. The highest BCUT2D eigenvalue weighted by Gasteiger charge is 2.12. The Morgan fingerprint density at radius 3 is 3.10 bits per heavy atom. The summed E-state index contributed by atoms with van der Waals surface area (Å²) in [6.45, 7) is 0.480. The molecular weight excluding hydrogens is 276 g/mol. The number of nitrogens with one attached hydrogen (secondary N) is 1.